The van der Waals surface area contributed by atoms with Gasteiger partial charge in [-0.1, -0.05) is 174 Å². The molecular weight excluding hydrogens is 1730 g/mol. The largest absolute Gasteiger partial charge is 0.457 e. The second-order valence-electron chi connectivity index (χ2n) is 43.4. The summed E-state index contributed by atoms with van der Waals surface area (Å²) >= 11 is 4.89. The Kier molecular flexibility index (Phi) is 36.3. The lowest BCUT2D eigenvalue weighted by molar-refractivity contribution is -0.158. The number of benzene rings is 3. The van der Waals surface area contributed by atoms with Crippen LogP contribution >= 0.6 is 34.0 Å². The summed E-state index contributed by atoms with van der Waals surface area (Å²) in [6.45, 7) is 62.3. The molecule has 6 saturated heterocycles. The van der Waals surface area contributed by atoms with Gasteiger partial charge >= 0.3 is 17.9 Å². The highest BCUT2D eigenvalue weighted by Crippen LogP contribution is 2.53. The number of hydrogen-bond donors (Lipinski definition) is 4. The van der Waals surface area contributed by atoms with Crippen LogP contribution < -0.4 is 0 Å². The molecule has 9 heterocycles. The predicted octanol–water partition coefficient (Wildman–Crippen LogP) is 23.7. The first-order valence-corrected chi connectivity index (χ1v) is 55.0. The second-order valence-corrected chi connectivity index (χ2v) is 56.6. The molecular formula is C104H159N3O18S3Si2. The predicted molar refractivity (Wildman–Crippen MR) is 529 cm³/mol. The van der Waals surface area contributed by atoms with Crippen molar-refractivity contribution < 1.29 is 86.5 Å². The molecule has 21 atom stereocenters. The Hall–Kier alpha value is -5.96. The summed E-state index contributed by atoms with van der Waals surface area (Å²) in [5.74, 6) is -3.99. The maximum absolute atomic E-state index is 14.4. The van der Waals surface area contributed by atoms with Crippen LogP contribution in [0.25, 0.3) is 30.6 Å². The van der Waals surface area contributed by atoms with Crippen molar-refractivity contribution in [3.05, 3.63) is 124 Å². The molecule has 0 amide bonds. The zero-order chi connectivity index (χ0) is 94.9. The maximum atomic E-state index is 14.4. The number of cyclic esters (lactones) is 3. The molecule has 21 nitrogen and oxygen atoms in total. The fourth-order valence-corrected chi connectivity index (χ4v) is 23.8. The summed E-state index contributed by atoms with van der Waals surface area (Å²) < 4.78 is 54.3. The lowest BCUT2D eigenvalue weighted by atomic mass is 9.71. The molecule has 3 aromatic carbocycles. The van der Waals surface area contributed by atoms with Gasteiger partial charge in [-0.3, -0.25) is 28.8 Å². The van der Waals surface area contributed by atoms with Gasteiger partial charge in [-0.05, 0) is 206 Å². The fourth-order valence-electron chi connectivity index (χ4n) is 18.5. The first kappa shape index (κ1) is 109. The van der Waals surface area contributed by atoms with Crippen LogP contribution in [0, 0.1) is 72.5 Å². The molecule has 26 heteroatoms. The molecule has 3 aromatic heterocycles. The number of rotatable bonds is 13. The Bertz CT molecular complexity index is 4940. The van der Waals surface area contributed by atoms with E-state index in [0.717, 1.165) is 120 Å². The van der Waals surface area contributed by atoms with Gasteiger partial charge < -0.3 is 57.7 Å². The number of allylic oxidation sites excluding steroid dienone is 3. The van der Waals surface area contributed by atoms with Crippen LogP contribution in [0.15, 0.2) is 92.6 Å². The number of carbonyl (C=O) groups excluding carboxylic acids is 6. The third-order valence-electron chi connectivity index (χ3n) is 30.0. The quantitative estimate of drug-likeness (QED) is 0.0274. The number of ether oxygens (including phenoxy) is 6. The molecule has 130 heavy (non-hydrogen) atoms. The maximum Gasteiger partial charge on any atom is 0.309 e. The van der Waals surface area contributed by atoms with Crippen LogP contribution in [0.1, 0.15) is 305 Å². The van der Waals surface area contributed by atoms with Gasteiger partial charge in [0.15, 0.2) is 16.6 Å². The minimum absolute atomic E-state index is 0. The highest BCUT2D eigenvalue weighted by atomic mass is 32.1. The number of nitrogens with zero attached hydrogens (tertiary/aromatic N) is 3. The molecule has 0 saturated carbocycles. The van der Waals surface area contributed by atoms with E-state index in [1.54, 1.807) is 79.9 Å². The number of hydrogen-bond acceptors (Lipinski definition) is 24. The molecule has 724 valence electrons. The van der Waals surface area contributed by atoms with E-state index >= 15 is 0 Å². The number of aliphatic hydroxyl groups excluding tert-OH is 4. The number of ketones is 3. The van der Waals surface area contributed by atoms with Crippen LogP contribution in [-0.2, 0) is 66.0 Å². The number of epoxide rings is 3. The summed E-state index contributed by atoms with van der Waals surface area (Å²) in [7, 11) is -4.69. The van der Waals surface area contributed by atoms with Gasteiger partial charge in [0.1, 0.15) is 35.7 Å². The Morgan fingerprint density at radius 1 is 0.446 bits per heavy atom. The second kappa shape index (κ2) is 43.2. The number of aliphatic hydroxyl groups is 4. The van der Waals surface area contributed by atoms with E-state index in [1.807, 2.05) is 103 Å². The zero-order valence-corrected chi connectivity index (χ0v) is 85.7. The van der Waals surface area contributed by atoms with Crippen molar-refractivity contribution in [1.82, 2.24) is 15.0 Å². The SMILES string of the molecule is C.C.C=CC[C@H]1C(=O)C(C)(C)[C@@H](O)CC(=O)O[C@H](c2ccc3sc(C)nc3c2)C[C@@H]2O[C@]2(C)CCC[C@H](C)[C@@H]1O.C=CC[C@H]1C(=O)C(C)(C)[C@@H](O)CC(=O)O[C@H](c2ccc3sc(C)nc3c2)C[C@@H]2O[C@]2(C)CCC[C@H](C)[C@@H]1O[Si](C)(C)C(C)(C)C.C=CC[C@H]1C(=O)C(C)(C)[C@@H](O[Si](C)(C)C(C)(C)C)CC(=O)O[C@H](c2ccc3sc(C)nc3c2)C[C@@H]2O[C@]2(C)CCC[C@H](C)[C@@H]1O. The van der Waals surface area contributed by atoms with Gasteiger partial charge in [0.2, 0.25) is 0 Å². The Morgan fingerprint density at radius 2 is 0.738 bits per heavy atom. The van der Waals surface area contributed by atoms with Gasteiger partial charge in [-0.2, -0.15) is 0 Å². The molecule has 6 fully saturated rings. The molecule has 0 spiro atoms. The molecule has 0 radical (unpaired) electrons. The van der Waals surface area contributed by atoms with Crippen molar-refractivity contribution in [3.8, 4) is 0 Å². The minimum Gasteiger partial charge on any atom is -0.457 e. The van der Waals surface area contributed by atoms with Gasteiger partial charge in [-0.15, -0.1) is 53.7 Å². The van der Waals surface area contributed by atoms with E-state index in [2.05, 4.69) is 130 Å². The summed E-state index contributed by atoms with van der Waals surface area (Å²) in [6.07, 6.45) is 7.49. The van der Waals surface area contributed by atoms with Gasteiger partial charge in [-0.25, -0.2) is 15.0 Å². The van der Waals surface area contributed by atoms with Crippen LogP contribution in [0.4, 0.5) is 0 Å². The number of aromatic nitrogens is 3. The molecule has 12 rings (SSSR count). The Labute approximate surface area is 790 Å². The molecule has 0 bridgehead atoms. The zero-order valence-electron chi connectivity index (χ0n) is 81.2. The first-order valence-electron chi connectivity index (χ1n) is 46.7. The number of fused-ring (bicyclic) bond motifs is 6. The van der Waals surface area contributed by atoms with Gasteiger partial charge in [0, 0.05) is 42.4 Å². The lowest BCUT2D eigenvalue weighted by Crippen LogP contribution is -2.53. The van der Waals surface area contributed by atoms with Crippen molar-refractivity contribution in [3.63, 3.8) is 0 Å². The molecule has 4 N–H and O–H groups in total. The third kappa shape index (κ3) is 26.0. The molecule has 0 unspecified atom stereocenters. The van der Waals surface area contributed by atoms with Crippen molar-refractivity contribution in [2.75, 3.05) is 0 Å². The van der Waals surface area contributed by atoms with Crippen LogP contribution in [0.5, 0.6) is 0 Å². The van der Waals surface area contributed by atoms with Crippen LogP contribution in [-0.4, -0.2) is 159 Å². The van der Waals surface area contributed by atoms with Crippen LogP contribution in [0.2, 0.25) is 36.3 Å². The summed E-state index contributed by atoms with van der Waals surface area (Å²) in [5, 5.41) is 47.9. The van der Waals surface area contributed by atoms with Crippen molar-refractivity contribution in [1.29, 1.82) is 0 Å². The summed E-state index contributed by atoms with van der Waals surface area (Å²) in [5.41, 5.74) is 0.731. The number of esters is 3. The average molecular weight is 1890 g/mol. The molecule has 6 aliphatic heterocycles. The third-order valence-corrected chi connectivity index (χ3v) is 41.8. The van der Waals surface area contributed by atoms with E-state index in [4.69, 9.17) is 37.3 Å². The van der Waals surface area contributed by atoms with E-state index in [-0.39, 0.29) is 121 Å². The number of thiazole rings is 3. The standard InChI is InChI=1S/2C36H55NO6SSi.C30H41NO6S.2CH4/c1-12-14-25-32(39)22(2)15-13-18-36(9)30(42-36)20-27(24-16-17-28-26(19-24)37-23(3)44-28)41-31(38)21-29(35(7,8)33(25)40)43-45(10,11)34(4,5)6;1-12-14-25-32(43-45(10,11)34(4,5)6)22(2)15-13-18-36(9)30(42-36)20-27(24-16-17-28-26(19-24)37-23(3)44-28)41-31(39)21-29(38)35(7,8)33(25)40;1-7-9-20-27(34)17(2)10-8-13-30(6)25(37-30)15-22(19-11-12-23-21(14-19)31-18(3)38-23)36-26(33)16-24(32)29(4,5)28(20)35;;/h12,16-17,19,22,25,27,29-30,32,39H,1,13-15,18,20-21H2,2-11H3;12,16-17,19,22,25,27,29-30,32,38H,1,13-15,18,20-21H2,2-11H3;7,11-12,14,17,20,22,24-25,27,32,34H,1,8-10,13,15-16H2,2-6H3;2*1H4/t2*22-,25+,27-,29-,30-,32-,36+;17-,20+,22-,24-,25-,27-,30+;;/m000../s1. The molecule has 6 aromatic rings. The minimum atomic E-state index is -2.43. The monoisotopic (exact) mass is 1890 g/mol. The number of carbonyl (C=O) groups is 6. The summed E-state index contributed by atoms with van der Waals surface area (Å²) in [4.78, 5) is 97.0. The topological polar surface area (TPSA) is 306 Å². The Morgan fingerprint density at radius 3 is 1.06 bits per heavy atom. The molecule has 0 aliphatic carbocycles. The number of aryl methyl sites for hydroxylation is 3. The van der Waals surface area contributed by atoms with E-state index in [1.165, 1.54) is 0 Å². The highest BCUT2D eigenvalue weighted by molar-refractivity contribution is 7.19. The number of Topliss-reactive ketones (excluding diaryl/α,β-unsaturated/α-hetero) is 3. The smallest absolute Gasteiger partial charge is 0.309 e. The van der Waals surface area contributed by atoms with Crippen molar-refractivity contribution in [2.24, 2.45) is 51.8 Å². The van der Waals surface area contributed by atoms with Gasteiger partial charge in [0.05, 0.1) is 148 Å². The highest BCUT2D eigenvalue weighted by Gasteiger charge is 2.58. The normalized spacial score (nSPS) is 32.5. The first-order chi connectivity index (χ1) is 59.4. The van der Waals surface area contributed by atoms with Crippen molar-refractivity contribution in [2.45, 2.75) is 402 Å². The van der Waals surface area contributed by atoms with Gasteiger partial charge in [0.25, 0.3) is 0 Å². The van der Waals surface area contributed by atoms with Crippen molar-refractivity contribution >= 4 is 117 Å². The van der Waals surface area contributed by atoms with E-state index < -0.39 is 117 Å². The van der Waals surface area contributed by atoms with E-state index in [9.17, 15) is 49.2 Å². The lowest BCUT2D eigenvalue weighted by Gasteiger charge is -2.45. The van der Waals surface area contributed by atoms with E-state index in [0.29, 0.717) is 38.5 Å². The fraction of sp³-hybridized carbons (Fsp3) is 0.683. The molecule has 6 aliphatic rings. The summed E-state index contributed by atoms with van der Waals surface area (Å²) in [6, 6.07) is 18.0. The average Bonchev–Trinajstić information content (AvgIpc) is 1.65. The Balaban J connectivity index is 0.000000240. The van der Waals surface area contributed by atoms with Crippen LogP contribution in [0.3, 0.4) is 0 Å².